The van der Waals surface area contributed by atoms with Crippen LogP contribution in [0.2, 0.25) is 5.02 Å². The van der Waals surface area contributed by atoms with Crippen LogP contribution in [-0.4, -0.2) is 26.6 Å². The van der Waals surface area contributed by atoms with E-state index in [0.29, 0.717) is 27.9 Å². The zero-order valence-corrected chi connectivity index (χ0v) is 11.9. The van der Waals surface area contributed by atoms with Gasteiger partial charge in [0.1, 0.15) is 6.10 Å². The number of benzene rings is 1. The molecule has 0 amide bonds. The van der Waals surface area contributed by atoms with Crippen molar-refractivity contribution in [2.45, 2.75) is 18.6 Å². The van der Waals surface area contributed by atoms with Crippen molar-refractivity contribution in [3.63, 3.8) is 0 Å². The minimum absolute atomic E-state index is 0.485. The molecule has 5 heteroatoms. The quantitative estimate of drug-likeness (QED) is 0.847. The topological polar surface area (TPSA) is 53.4 Å². The molecule has 0 fully saturated rings. The van der Waals surface area contributed by atoms with Gasteiger partial charge in [0.2, 0.25) is 0 Å². The smallest absolute Gasteiger partial charge is 0.106 e. The van der Waals surface area contributed by atoms with Gasteiger partial charge in [0.15, 0.2) is 0 Å². The number of halogens is 2. The third kappa shape index (κ3) is 2.83. The minimum Gasteiger partial charge on any atom is -0.390 e. The Morgan fingerprint density at radius 1 is 1.28 bits per heavy atom. The molecule has 0 aliphatic heterocycles. The number of rotatable bonds is 4. The molecule has 18 heavy (non-hydrogen) atoms. The molecule has 0 aliphatic carbocycles. The molecule has 1 heterocycles. The largest absolute Gasteiger partial charge is 0.390 e. The second kappa shape index (κ2) is 5.97. The highest BCUT2D eigenvalue weighted by Crippen LogP contribution is 2.28. The molecule has 2 N–H and O–H groups in total. The summed E-state index contributed by atoms with van der Waals surface area (Å²) >= 11 is 9.15. The van der Waals surface area contributed by atoms with Crippen molar-refractivity contribution >= 4 is 38.4 Å². The summed E-state index contributed by atoms with van der Waals surface area (Å²) in [7, 11) is 0. The van der Waals surface area contributed by atoms with Crippen LogP contribution in [0.15, 0.2) is 30.5 Å². The summed E-state index contributed by atoms with van der Waals surface area (Å²) < 4.78 is 0. The van der Waals surface area contributed by atoms with Gasteiger partial charge in [-0.15, -0.1) is 0 Å². The number of aliphatic hydroxyl groups is 2. The van der Waals surface area contributed by atoms with Crippen molar-refractivity contribution in [3.8, 4) is 0 Å². The van der Waals surface area contributed by atoms with Crippen molar-refractivity contribution in [3.05, 3.63) is 41.0 Å². The van der Waals surface area contributed by atoms with Gasteiger partial charge in [-0.25, -0.2) is 0 Å². The fraction of sp³-hybridized carbons (Fsp3) is 0.308. The van der Waals surface area contributed by atoms with Gasteiger partial charge in [-0.2, -0.15) is 0 Å². The zero-order chi connectivity index (χ0) is 13.1. The maximum atomic E-state index is 10.2. The van der Waals surface area contributed by atoms with Gasteiger partial charge in [-0.05, 0) is 30.2 Å². The van der Waals surface area contributed by atoms with Crippen LogP contribution in [0.3, 0.4) is 0 Å². The Kier molecular flexibility index (Phi) is 4.56. The molecule has 2 aromatic rings. The van der Waals surface area contributed by atoms with E-state index in [2.05, 4.69) is 20.9 Å². The highest BCUT2D eigenvalue weighted by molar-refractivity contribution is 9.09. The van der Waals surface area contributed by atoms with Crippen molar-refractivity contribution in [1.29, 1.82) is 0 Å². The van der Waals surface area contributed by atoms with E-state index in [1.54, 1.807) is 24.4 Å². The van der Waals surface area contributed by atoms with Crippen LogP contribution in [0.25, 0.3) is 10.9 Å². The van der Waals surface area contributed by atoms with Gasteiger partial charge in [0, 0.05) is 21.9 Å². The number of hydrogen-bond donors (Lipinski definition) is 2. The first-order chi connectivity index (χ1) is 8.63. The van der Waals surface area contributed by atoms with E-state index in [0.717, 1.165) is 5.39 Å². The predicted molar refractivity (Wildman–Crippen MR) is 76.1 cm³/mol. The Labute approximate surface area is 119 Å². The highest BCUT2D eigenvalue weighted by Gasteiger charge is 2.19. The van der Waals surface area contributed by atoms with E-state index in [1.165, 1.54) is 0 Å². The summed E-state index contributed by atoms with van der Waals surface area (Å²) in [5.74, 6) is 0. The van der Waals surface area contributed by atoms with Crippen LogP contribution in [0, 0.1) is 0 Å². The number of fused-ring (bicyclic) bond motifs is 1. The lowest BCUT2D eigenvalue weighted by Crippen LogP contribution is -2.18. The fourth-order valence-electron chi connectivity index (χ4n) is 1.88. The molecule has 96 valence electrons. The Bertz CT molecular complexity index is 550. The molecule has 0 saturated carbocycles. The summed E-state index contributed by atoms with van der Waals surface area (Å²) in [6.45, 7) is 0. The lowest BCUT2D eigenvalue weighted by molar-refractivity contribution is 0.0182. The lowest BCUT2D eigenvalue weighted by Gasteiger charge is -2.18. The normalized spacial score (nSPS) is 14.7. The van der Waals surface area contributed by atoms with Gasteiger partial charge < -0.3 is 10.2 Å². The highest BCUT2D eigenvalue weighted by atomic mass is 79.9. The van der Waals surface area contributed by atoms with Crippen LogP contribution < -0.4 is 0 Å². The van der Waals surface area contributed by atoms with E-state index in [4.69, 9.17) is 11.6 Å². The molecule has 1 aromatic carbocycles. The monoisotopic (exact) mass is 329 g/mol. The first-order valence-corrected chi connectivity index (χ1v) is 7.09. The van der Waals surface area contributed by atoms with Gasteiger partial charge >= 0.3 is 0 Å². The summed E-state index contributed by atoms with van der Waals surface area (Å²) in [5, 5.41) is 22.1. The number of aromatic nitrogens is 1. The SMILES string of the molecule is OC(CCBr)C(O)c1ccnc2cc(Cl)ccc12. The molecule has 2 unspecified atom stereocenters. The molecule has 0 radical (unpaired) electrons. The van der Waals surface area contributed by atoms with Crippen molar-refractivity contribution in [2.75, 3.05) is 5.33 Å². The molecular formula is C13H13BrClNO2. The Hall–Kier alpha value is -0.680. The van der Waals surface area contributed by atoms with Crippen LogP contribution >= 0.6 is 27.5 Å². The molecule has 0 saturated heterocycles. The van der Waals surface area contributed by atoms with E-state index in [-0.39, 0.29) is 0 Å². The van der Waals surface area contributed by atoms with E-state index in [1.807, 2.05) is 6.07 Å². The number of pyridine rings is 1. The molecule has 0 spiro atoms. The molecular weight excluding hydrogens is 318 g/mol. The number of aliphatic hydroxyl groups excluding tert-OH is 2. The molecule has 3 nitrogen and oxygen atoms in total. The first-order valence-electron chi connectivity index (χ1n) is 5.59. The number of nitrogens with zero attached hydrogens (tertiary/aromatic N) is 1. The molecule has 2 atom stereocenters. The van der Waals surface area contributed by atoms with Crippen LogP contribution in [0.1, 0.15) is 18.1 Å². The minimum atomic E-state index is -0.922. The van der Waals surface area contributed by atoms with E-state index in [9.17, 15) is 10.2 Å². The van der Waals surface area contributed by atoms with Crippen LogP contribution in [0.5, 0.6) is 0 Å². The third-order valence-corrected chi connectivity index (χ3v) is 3.52. The Morgan fingerprint density at radius 3 is 2.78 bits per heavy atom. The maximum absolute atomic E-state index is 10.2. The van der Waals surface area contributed by atoms with E-state index < -0.39 is 12.2 Å². The molecule has 1 aromatic heterocycles. The average Bonchev–Trinajstić information content (AvgIpc) is 2.37. The van der Waals surface area contributed by atoms with Crippen molar-refractivity contribution in [2.24, 2.45) is 0 Å². The Morgan fingerprint density at radius 2 is 2.06 bits per heavy atom. The summed E-state index contributed by atoms with van der Waals surface area (Å²) in [5.41, 5.74) is 1.38. The number of alkyl halides is 1. The zero-order valence-electron chi connectivity index (χ0n) is 9.55. The molecule has 0 bridgehead atoms. The summed E-state index contributed by atoms with van der Waals surface area (Å²) in [6, 6.07) is 7.02. The second-order valence-corrected chi connectivity index (χ2v) is 5.28. The van der Waals surface area contributed by atoms with Gasteiger partial charge in [-0.3, -0.25) is 4.98 Å². The molecule has 0 aliphatic rings. The van der Waals surface area contributed by atoms with Crippen molar-refractivity contribution < 1.29 is 10.2 Å². The van der Waals surface area contributed by atoms with Gasteiger partial charge in [0.25, 0.3) is 0 Å². The van der Waals surface area contributed by atoms with Crippen molar-refractivity contribution in [1.82, 2.24) is 4.98 Å². The van der Waals surface area contributed by atoms with Gasteiger partial charge in [-0.1, -0.05) is 33.6 Å². The fourth-order valence-corrected chi connectivity index (χ4v) is 2.51. The maximum Gasteiger partial charge on any atom is 0.106 e. The van der Waals surface area contributed by atoms with E-state index >= 15 is 0 Å². The van der Waals surface area contributed by atoms with Crippen LogP contribution in [-0.2, 0) is 0 Å². The Balaban J connectivity index is 2.44. The molecule has 2 rings (SSSR count). The predicted octanol–water partition coefficient (Wildman–Crippen LogP) is 3.07. The number of hydrogen-bond acceptors (Lipinski definition) is 3. The summed E-state index contributed by atoms with van der Waals surface area (Å²) in [6.07, 6.45) is 0.372. The lowest BCUT2D eigenvalue weighted by atomic mass is 9.99. The average molecular weight is 331 g/mol. The second-order valence-electron chi connectivity index (χ2n) is 4.05. The summed E-state index contributed by atoms with van der Waals surface area (Å²) in [4.78, 5) is 4.20. The third-order valence-electron chi connectivity index (χ3n) is 2.83. The first kappa shape index (κ1) is 13.7. The van der Waals surface area contributed by atoms with Gasteiger partial charge in [0.05, 0.1) is 11.6 Å². The standard InChI is InChI=1S/C13H13BrClNO2/c14-5-3-12(17)13(18)10-4-6-16-11-7-8(15)1-2-9(10)11/h1-2,4,6-7,12-13,17-18H,3,5H2. The van der Waals surface area contributed by atoms with Crippen LogP contribution in [0.4, 0.5) is 0 Å².